The SMILES string of the molecule is N#Cc1ccc(C(=O)n2ccc(/C=C/c3cccs3)n2)cc1.N#Cc1cccc(C(=O)n2ccc(/C=C/c3cc[nH]c3)n2)c1.N#Cc1cccc(C(=O)n2ccc(/C=C/c3ccc[nH]3)n2)c1.N#Cc1cccc(C(=O)n2ccc(/C=C/c3cccs3)n2)c1.O=C(O)c1ccc(C(=O)n2ccc(/C=C/c3cccs3)n2)cc1.O=C(c1ccc2c(c1)COO2)n1ccc(/C=C/c2cccs2)n1. The Morgan fingerprint density at radius 1 is 0.328 bits per heavy atom. The van der Waals surface area contributed by atoms with Crippen molar-refractivity contribution in [3.05, 3.63) is 452 Å². The molecule has 0 saturated carbocycles. The van der Waals surface area contributed by atoms with Crippen LogP contribution in [0, 0.1) is 45.3 Å². The molecule has 18 aromatic rings. The van der Waals surface area contributed by atoms with Gasteiger partial charge in [-0.3, -0.25) is 28.8 Å². The predicted molar refractivity (Wildman–Crippen MR) is 514 cm³/mol. The predicted octanol–water partition coefficient (Wildman–Crippen LogP) is 20.4. The number of H-pyrrole nitrogens is 2. The van der Waals surface area contributed by atoms with Crippen molar-refractivity contribution in [3.8, 4) is 30.0 Å². The number of carbonyl (C=O) groups is 7. The number of carbonyl (C=O) groups excluding carboxylic acids is 6. The molecule has 13 heterocycles. The third-order valence-electron chi connectivity index (χ3n) is 18.9. The molecule has 0 atom stereocenters. The topological polar surface area (TPSA) is 392 Å². The first-order valence-corrected chi connectivity index (χ1v) is 43.9. The molecule has 0 saturated heterocycles. The minimum atomic E-state index is -1.02. The Balaban J connectivity index is 0.000000129. The second-order valence-corrected chi connectivity index (χ2v) is 32.0. The standard InChI is InChI=1S/2C17H12N4O.2C17H11N3OS.2C17H12N2O3S/c18-12-13-3-1-4-14(11-13)17(22)21-10-8-16(20-21)7-6-15-5-2-9-19-15;18-11-14-2-1-3-15(10-14)17(22)21-9-7-16(20-21)5-4-13-6-8-19-12-13;18-12-13-3-1-4-14(11-13)17(21)20-9-8-15(19-20)6-7-16-5-2-10-22-16;18-12-13-3-5-14(6-4-13)17(21)20-10-9-15(19-20)7-8-16-2-1-11-22-16;20-17(12-3-6-16-13(10-12)11-21-22-16)19-8-7-14(18-19)4-5-15-2-1-9-23-15;20-16(12-3-5-13(6-4-12)17(21)22)19-10-9-14(18-19)7-8-15-2-1-11-23-15/h1-11,19H;1-10,12,19H;2*1-11H;1-10H,11H2;1-11H,(H,21,22)/b7-6+;5-4+;7-6+;8-7+;5-4+;8-7+. The van der Waals surface area contributed by atoms with Gasteiger partial charge in [-0.15, -0.1) is 45.3 Å². The highest BCUT2D eigenvalue weighted by Crippen LogP contribution is 2.28. The quantitative estimate of drug-likeness (QED) is 0.0633. The smallest absolute Gasteiger partial charge is 0.335 e. The summed E-state index contributed by atoms with van der Waals surface area (Å²) in [6.07, 6.45) is 38.0. The molecule has 1 aliphatic rings. The van der Waals surface area contributed by atoms with Gasteiger partial charge in [0, 0.05) is 120 Å². The van der Waals surface area contributed by atoms with Gasteiger partial charge in [0.15, 0.2) is 5.75 Å². The molecule has 0 spiro atoms. The van der Waals surface area contributed by atoms with Crippen molar-refractivity contribution >= 4 is 160 Å². The van der Waals surface area contributed by atoms with Crippen molar-refractivity contribution in [3.63, 3.8) is 0 Å². The summed E-state index contributed by atoms with van der Waals surface area (Å²) in [4.78, 5) is 105. The highest BCUT2D eigenvalue weighted by atomic mass is 32.1. The van der Waals surface area contributed by atoms with Crippen molar-refractivity contribution in [1.29, 1.82) is 21.0 Å². The highest BCUT2D eigenvalue weighted by Gasteiger charge is 2.20. The van der Waals surface area contributed by atoms with Gasteiger partial charge in [0.1, 0.15) is 6.61 Å². The van der Waals surface area contributed by atoms with Gasteiger partial charge in [-0.1, -0.05) is 48.5 Å². The van der Waals surface area contributed by atoms with Crippen molar-refractivity contribution < 1.29 is 48.4 Å². The van der Waals surface area contributed by atoms with Gasteiger partial charge in [-0.05, 0) is 294 Å². The van der Waals surface area contributed by atoms with Crippen LogP contribution in [0.5, 0.6) is 5.75 Å². The van der Waals surface area contributed by atoms with Crippen molar-refractivity contribution in [2.24, 2.45) is 0 Å². The van der Waals surface area contributed by atoms with Gasteiger partial charge >= 0.3 is 5.97 Å². The van der Waals surface area contributed by atoms with Gasteiger partial charge in [0.25, 0.3) is 35.4 Å². The molecule has 19 rings (SSSR count). The lowest BCUT2D eigenvalue weighted by Crippen LogP contribution is -2.13. The minimum absolute atomic E-state index is 0.140. The molecular weight excluding hydrogens is 1770 g/mol. The van der Waals surface area contributed by atoms with E-state index in [9.17, 15) is 33.6 Å². The number of thiophene rings is 4. The van der Waals surface area contributed by atoms with Crippen LogP contribution >= 0.6 is 45.3 Å². The summed E-state index contributed by atoms with van der Waals surface area (Å²) in [5, 5.41) is 77.8. The third-order valence-corrected chi connectivity index (χ3v) is 22.3. The lowest BCUT2D eigenvalue weighted by molar-refractivity contribution is -0.194. The van der Waals surface area contributed by atoms with Crippen molar-refractivity contribution in [1.82, 2.24) is 68.7 Å². The summed E-state index contributed by atoms with van der Waals surface area (Å²) in [5.74, 6) is -1.87. The Bertz CT molecular complexity index is 7150. The second-order valence-electron chi connectivity index (χ2n) is 28.1. The van der Waals surface area contributed by atoms with E-state index in [1.165, 1.54) is 52.4 Å². The average Bonchev–Trinajstić information content (AvgIpc) is 1.69. The second kappa shape index (κ2) is 45.8. The number of carboxylic acids is 1. The zero-order chi connectivity index (χ0) is 93.3. The zero-order valence-electron chi connectivity index (χ0n) is 70.1. The Labute approximate surface area is 780 Å². The van der Waals surface area contributed by atoms with Crippen LogP contribution in [0.1, 0.15) is 165 Å². The van der Waals surface area contributed by atoms with Crippen LogP contribution in [-0.4, -0.2) is 115 Å². The fraction of sp³-hybridized carbons (Fsp3) is 0.00980. The molecule has 652 valence electrons. The molecule has 134 heavy (non-hydrogen) atoms. The van der Waals surface area contributed by atoms with Gasteiger partial charge in [0.05, 0.1) is 86.3 Å². The van der Waals surface area contributed by atoms with Gasteiger partial charge in [0.2, 0.25) is 0 Å². The summed E-state index contributed by atoms with van der Waals surface area (Å²) in [5.41, 5.74) is 11.8. The number of nitrogens with zero attached hydrogens (tertiary/aromatic N) is 16. The summed E-state index contributed by atoms with van der Waals surface area (Å²) < 4.78 is 7.70. The van der Waals surface area contributed by atoms with Crippen LogP contribution in [-0.2, 0) is 11.5 Å². The van der Waals surface area contributed by atoms with E-state index in [2.05, 4.69) is 40.6 Å². The van der Waals surface area contributed by atoms with Crippen molar-refractivity contribution in [2.45, 2.75) is 6.61 Å². The first-order chi connectivity index (χ1) is 65.5. The first kappa shape index (κ1) is 91.8. The van der Waals surface area contributed by atoms with Gasteiger partial charge in [-0.2, -0.15) is 56.5 Å². The fourth-order valence-electron chi connectivity index (χ4n) is 12.2. The van der Waals surface area contributed by atoms with E-state index in [1.54, 1.807) is 228 Å². The minimum Gasteiger partial charge on any atom is -0.478 e. The number of hydrogen-bond acceptors (Lipinski definition) is 23. The number of aromatic nitrogens is 14. The molecule has 12 aromatic heterocycles. The molecule has 0 aliphatic carbocycles. The summed E-state index contributed by atoms with van der Waals surface area (Å²) in [6.45, 7) is 0.352. The largest absolute Gasteiger partial charge is 0.478 e. The zero-order valence-corrected chi connectivity index (χ0v) is 73.4. The maximum Gasteiger partial charge on any atom is 0.335 e. The van der Waals surface area contributed by atoms with E-state index in [0.717, 1.165) is 47.7 Å². The van der Waals surface area contributed by atoms with E-state index in [4.69, 9.17) is 35.9 Å². The number of benzene rings is 6. The van der Waals surface area contributed by atoms with Crippen LogP contribution in [0.4, 0.5) is 0 Å². The molecule has 3 N–H and O–H groups in total. The van der Waals surface area contributed by atoms with Gasteiger partial charge < -0.3 is 20.0 Å². The Hall–Kier alpha value is -18.4. The molecule has 6 aromatic carbocycles. The van der Waals surface area contributed by atoms with Crippen LogP contribution in [0.2, 0.25) is 0 Å². The molecule has 0 amide bonds. The van der Waals surface area contributed by atoms with E-state index >= 15 is 0 Å². The number of fused-ring (bicyclic) bond motifs is 1. The van der Waals surface area contributed by atoms with Gasteiger partial charge in [-0.25, -0.2) is 32.9 Å². The van der Waals surface area contributed by atoms with Crippen LogP contribution in [0.15, 0.2) is 320 Å². The average molecular weight is 1840 g/mol. The summed E-state index contributed by atoms with van der Waals surface area (Å²) in [7, 11) is 0. The molecule has 0 unspecified atom stereocenters. The number of hydrogen-bond donors (Lipinski definition) is 3. The van der Waals surface area contributed by atoms with Crippen LogP contribution < -0.4 is 4.89 Å². The summed E-state index contributed by atoms with van der Waals surface area (Å²) in [6, 6.07) is 77.6. The lowest BCUT2D eigenvalue weighted by Gasteiger charge is -2.01. The number of nitriles is 4. The maximum atomic E-state index is 12.5. The molecule has 0 bridgehead atoms. The number of nitrogens with one attached hydrogen (secondary N) is 2. The van der Waals surface area contributed by atoms with Crippen molar-refractivity contribution in [2.75, 3.05) is 0 Å². The van der Waals surface area contributed by atoms with E-state index in [0.29, 0.717) is 90.8 Å². The number of carboxylic acid groups (broad SMARTS) is 1. The molecule has 32 heteroatoms. The molecule has 0 radical (unpaired) electrons. The first-order valence-electron chi connectivity index (χ1n) is 40.3. The summed E-state index contributed by atoms with van der Waals surface area (Å²) >= 11 is 6.55. The maximum absolute atomic E-state index is 12.5. The third kappa shape index (κ3) is 25.7. The lowest BCUT2D eigenvalue weighted by atomic mass is 10.1. The number of aromatic amines is 2. The monoisotopic (exact) mass is 1830 g/mol. The number of aromatic carboxylic acids is 1. The van der Waals surface area contributed by atoms with Crippen LogP contribution in [0.25, 0.3) is 72.9 Å². The molecule has 0 fully saturated rings. The highest BCUT2D eigenvalue weighted by molar-refractivity contribution is 7.11. The Kier molecular flexibility index (Phi) is 31.4. The van der Waals surface area contributed by atoms with E-state index in [-0.39, 0.29) is 41.0 Å². The fourth-order valence-corrected chi connectivity index (χ4v) is 14.6. The van der Waals surface area contributed by atoms with Crippen LogP contribution in [0.3, 0.4) is 0 Å². The number of rotatable bonds is 19. The Morgan fingerprint density at radius 3 is 0.993 bits per heavy atom. The normalized spacial score (nSPS) is 11.2. The molecule has 28 nitrogen and oxygen atoms in total. The molecular formula is C102H70N18O10S4. The Morgan fingerprint density at radius 2 is 0.664 bits per heavy atom. The molecule has 1 aliphatic heterocycles. The van der Waals surface area contributed by atoms with E-state index < -0.39 is 5.97 Å². The van der Waals surface area contributed by atoms with E-state index in [1.807, 2.05) is 210 Å².